The molecule has 10 N–H and O–H groups in total. The fraction of sp³-hybridized carbons (Fsp3) is 1.00. The van der Waals surface area contributed by atoms with Gasteiger partial charge in [-0.25, -0.2) is 0 Å². The number of aliphatic hydroxyl groups excluding tert-OH is 3. The molecule has 0 spiro atoms. The van der Waals surface area contributed by atoms with Crippen molar-refractivity contribution in [2.24, 2.45) is 22.5 Å². The highest BCUT2D eigenvalue weighted by Gasteiger charge is 2.76. The minimum absolute atomic E-state index is 0.0869. The molecule has 0 saturated carbocycles. The highest BCUT2D eigenvalue weighted by molar-refractivity contribution is 5.28. The van der Waals surface area contributed by atoms with Crippen molar-refractivity contribution in [1.82, 2.24) is 10.6 Å². The molecule has 58 heavy (non-hydrogen) atoms. The third-order valence-electron chi connectivity index (χ3n) is 18.1. The minimum Gasteiger partial charge on any atom is -0.393 e. The Morgan fingerprint density at radius 3 is 1.41 bits per heavy atom. The minimum atomic E-state index is -1.66. The van der Waals surface area contributed by atoms with E-state index in [1.54, 1.807) is 76.6 Å². The van der Waals surface area contributed by atoms with Crippen molar-refractivity contribution in [3.8, 4) is 0 Å². The Hall–Kier alpha value is -0.600. The van der Waals surface area contributed by atoms with Crippen LogP contribution >= 0.6 is 0 Å². The monoisotopic (exact) mass is 836 g/mol. The Kier molecular flexibility index (Phi) is 14.2. The van der Waals surface area contributed by atoms with Gasteiger partial charge in [-0.3, -0.25) is 0 Å². The predicted octanol–water partition coefficient (Wildman–Crippen LogP) is 1.64. The largest absolute Gasteiger partial charge is 0.393 e. The van der Waals surface area contributed by atoms with Crippen LogP contribution in [-0.4, -0.2) is 172 Å². The predicted molar refractivity (Wildman–Crippen MR) is 222 cm³/mol. The van der Waals surface area contributed by atoms with Crippen LogP contribution in [0.4, 0.5) is 0 Å². The molecule has 0 bridgehead atoms. The molecular weight excluding hydrogens is 750 g/mol. The molecule has 15 heteroatoms. The highest BCUT2D eigenvalue weighted by atomic mass is 16.6. The maximum Gasteiger partial charge on any atom is 0.110 e. The van der Waals surface area contributed by atoms with Gasteiger partial charge >= 0.3 is 0 Å². The SMILES string of the molecule is CCOC[C@]1(C)OC(C)(CO)[C@H](CC[C@@]2(C)OC(C)(CO)[C@](C)(COC[C@@]3(C)OC(C)(CO)[C@@](C)(COC)[C@](C)(O)C3(C)NC)[C@](C)(O)C2(C)NC)[C@](C)(O)C1(C)N. The average Bonchev–Trinajstić information content (AvgIpc) is 3.13. The molecule has 3 rings (SSSR count). The van der Waals surface area contributed by atoms with E-state index in [0.29, 0.717) is 6.61 Å². The van der Waals surface area contributed by atoms with E-state index in [-0.39, 0.29) is 39.3 Å². The Balaban J connectivity index is 2.06. The molecule has 3 saturated heterocycles. The van der Waals surface area contributed by atoms with Gasteiger partial charge in [0.05, 0.1) is 113 Å². The van der Waals surface area contributed by atoms with Gasteiger partial charge in [0, 0.05) is 19.6 Å². The molecule has 0 radical (unpaired) electrons. The molecule has 0 aromatic carbocycles. The van der Waals surface area contributed by atoms with E-state index in [2.05, 4.69) is 10.6 Å². The number of ether oxygens (including phenoxy) is 6. The second-order valence-corrected chi connectivity index (χ2v) is 20.8. The Morgan fingerprint density at radius 1 is 0.569 bits per heavy atom. The van der Waals surface area contributed by atoms with Crippen molar-refractivity contribution in [3.63, 3.8) is 0 Å². The molecule has 3 heterocycles. The zero-order chi connectivity index (χ0) is 45.3. The summed E-state index contributed by atoms with van der Waals surface area (Å²) in [5.74, 6) is -0.705. The van der Waals surface area contributed by atoms with Gasteiger partial charge in [-0.1, -0.05) is 13.8 Å². The summed E-state index contributed by atoms with van der Waals surface area (Å²) in [6.07, 6.45) is 0.497. The fourth-order valence-electron chi connectivity index (χ4n) is 11.6. The van der Waals surface area contributed by atoms with Crippen LogP contribution in [-0.2, 0) is 28.4 Å². The maximum atomic E-state index is 13.1. The van der Waals surface area contributed by atoms with Gasteiger partial charge < -0.3 is 75.4 Å². The zero-order valence-corrected chi connectivity index (χ0v) is 39.4. The summed E-state index contributed by atoms with van der Waals surface area (Å²) in [5, 5.41) is 77.7. The van der Waals surface area contributed by atoms with Gasteiger partial charge in [0.15, 0.2) is 0 Å². The van der Waals surface area contributed by atoms with Crippen molar-refractivity contribution < 1.29 is 59.1 Å². The van der Waals surface area contributed by atoms with Crippen molar-refractivity contribution in [1.29, 1.82) is 0 Å². The zero-order valence-electron chi connectivity index (χ0n) is 39.4. The van der Waals surface area contributed by atoms with Crippen molar-refractivity contribution in [3.05, 3.63) is 0 Å². The average molecular weight is 836 g/mol. The molecule has 15 nitrogen and oxygen atoms in total. The smallest absolute Gasteiger partial charge is 0.110 e. The van der Waals surface area contributed by atoms with Gasteiger partial charge in [-0.05, 0) is 117 Å². The number of hydrogen-bond donors (Lipinski definition) is 9. The molecule has 0 amide bonds. The van der Waals surface area contributed by atoms with Crippen molar-refractivity contribution in [2.75, 3.05) is 74.1 Å². The second-order valence-electron chi connectivity index (χ2n) is 20.8. The summed E-state index contributed by atoms with van der Waals surface area (Å²) in [4.78, 5) is 0. The number of aliphatic hydroxyl groups is 6. The summed E-state index contributed by atoms with van der Waals surface area (Å²) in [5.41, 5.74) is -11.3. The van der Waals surface area contributed by atoms with Crippen LogP contribution in [0.5, 0.6) is 0 Å². The normalized spacial score (nSPS) is 53.8. The third kappa shape index (κ3) is 6.62. The number of hydrogen-bond acceptors (Lipinski definition) is 15. The van der Waals surface area contributed by atoms with E-state index < -0.39 is 104 Å². The van der Waals surface area contributed by atoms with E-state index >= 15 is 0 Å². The van der Waals surface area contributed by atoms with Gasteiger partial charge in [0.2, 0.25) is 0 Å². The van der Waals surface area contributed by atoms with E-state index in [0.717, 1.165) is 0 Å². The fourth-order valence-corrected chi connectivity index (χ4v) is 11.6. The van der Waals surface area contributed by atoms with Crippen LogP contribution in [0.25, 0.3) is 0 Å². The number of methoxy groups -OCH3 is 1. The summed E-state index contributed by atoms with van der Waals surface area (Å²) in [7, 11) is 5.03. The van der Waals surface area contributed by atoms with E-state index in [1.165, 1.54) is 0 Å². The summed E-state index contributed by atoms with van der Waals surface area (Å²) in [6.45, 7) is 26.0. The standard InChI is InChI=1S/C43H85N3O12/c1-19-54-27-36(8)39(11,44)38(10,50)29(30(2,22-47)56-36)20-21-33(5)40(12,45-16)43(15,52)32(4,35(7,24-49)57-33)26-55-28-37(9)41(13,46-17)42(14,51)31(3,25-53-18)34(6,23-48)58-37/h29,45-52H,19-28,44H2,1-18H3/t29-,30?,31+,32-,33+,34?,35?,36-,37+,38-,39?,40?,41?,42-,43-/m0/s1. The molecule has 344 valence electrons. The van der Waals surface area contributed by atoms with Gasteiger partial charge in [-0.2, -0.15) is 0 Å². The van der Waals surface area contributed by atoms with Crippen LogP contribution in [0.3, 0.4) is 0 Å². The van der Waals surface area contributed by atoms with E-state index in [4.69, 9.17) is 34.2 Å². The topological polar surface area (TPSA) is 227 Å². The molecule has 0 aromatic rings. The summed E-state index contributed by atoms with van der Waals surface area (Å²) in [6, 6.07) is 0. The summed E-state index contributed by atoms with van der Waals surface area (Å²) < 4.78 is 38.6. The van der Waals surface area contributed by atoms with E-state index in [1.807, 2.05) is 48.5 Å². The van der Waals surface area contributed by atoms with Gasteiger partial charge in [0.1, 0.15) is 11.2 Å². The molecule has 3 fully saturated rings. The number of likely N-dealkylation sites (N-methyl/N-ethyl adjacent to an activating group) is 2. The van der Waals surface area contributed by atoms with Crippen molar-refractivity contribution >= 4 is 0 Å². The Morgan fingerprint density at radius 2 is 1.00 bits per heavy atom. The molecule has 3 aliphatic heterocycles. The number of nitrogens with two attached hydrogens (primary N) is 1. The third-order valence-corrected chi connectivity index (χ3v) is 18.1. The molecule has 6 unspecified atom stereocenters. The lowest BCUT2D eigenvalue weighted by Crippen LogP contribution is -2.86. The highest BCUT2D eigenvalue weighted by Crippen LogP contribution is 2.62. The lowest BCUT2D eigenvalue weighted by atomic mass is 9.50. The van der Waals surface area contributed by atoms with Crippen LogP contribution in [0.2, 0.25) is 0 Å². The van der Waals surface area contributed by atoms with Crippen LogP contribution < -0.4 is 16.4 Å². The number of nitrogens with one attached hydrogen (secondary N) is 2. The lowest BCUT2D eigenvalue weighted by Gasteiger charge is -2.70. The number of rotatable bonds is 17. The second kappa shape index (κ2) is 15.9. The van der Waals surface area contributed by atoms with Crippen LogP contribution in [0.1, 0.15) is 117 Å². The summed E-state index contributed by atoms with van der Waals surface area (Å²) >= 11 is 0. The Bertz CT molecular complexity index is 1450. The quantitative estimate of drug-likeness (QED) is 0.102. The first kappa shape index (κ1) is 51.7. The maximum absolute atomic E-state index is 13.1. The van der Waals surface area contributed by atoms with Crippen molar-refractivity contribution in [2.45, 2.75) is 184 Å². The molecule has 0 aliphatic carbocycles. The van der Waals surface area contributed by atoms with E-state index in [9.17, 15) is 30.6 Å². The molecule has 15 atom stereocenters. The molecular formula is C43H85N3O12. The Labute approximate surface area is 349 Å². The van der Waals surface area contributed by atoms with Gasteiger partial charge in [-0.15, -0.1) is 0 Å². The van der Waals surface area contributed by atoms with Crippen LogP contribution in [0.15, 0.2) is 0 Å². The lowest BCUT2D eigenvalue weighted by molar-refractivity contribution is -0.376. The van der Waals surface area contributed by atoms with Crippen LogP contribution in [0, 0.1) is 16.7 Å². The molecule has 0 aromatic heterocycles. The van der Waals surface area contributed by atoms with Gasteiger partial charge in [0.25, 0.3) is 0 Å². The first-order valence-electron chi connectivity index (χ1n) is 21.0. The first-order chi connectivity index (χ1) is 26.1. The first-order valence-corrected chi connectivity index (χ1v) is 21.0. The molecule has 3 aliphatic rings.